The molecule has 0 aliphatic heterocycles. The van der Waals surface area contributed by atoms with Crippen molar-refractivity contribution in [2.75, 3.05) is 0 Å². The Morgan fingerprint density at radius 3 is 2.50 bits per heavy atom. The fraction of sp³-hybridized carbons (Fsp3) is 0.154. The third-order valence-corrected chi connectivity index (χ3v) is 2.83. The normalized spacial score (nSPS) is 10.4. The van der Waals surface area contributed by atoms with Gasteiger partial charge in [-0.1, -0.05) is 24.6 Å². The molecule has 0 saturated heterocycles. The van der Waals surface area contributed by atoms with Crippen molar-refractivity contribution in [2.45, 2.75) is 13.3 Å². The van der Waals surface area contributed by atoms with Crippen molar-refractivity contribution >= 4 is 11.6 Å². The van der Waals surface area contributed by atoms with Gasteiger partial charge in [-0.15, -0.1) is 0 Å². The predicted octanol–water partition coefficient (Wildman–Crippen LogP) is 4.10. The molecule has 0 unspecified atom stereocenters. The van der Waals surface area contributed by atoms with Crippen LogP contribution < -0.4 is 0 Å². The highest BCUT2D eigenvalue weighted by molar-refractivity contribution is 6.30. The number of halogens is 2. The summed E-state index contributed by atoms with van der Waals surface area (Å²) in [6.45, 7) is 1.92. The molecular weight excluding hydrogens is 225 g/mol. The molecule has 3 heteroatoms. The molecule has 0 aliphatic rings. The van der Waals surface area contributed by atoms with E-state index in [-0.39, 0.29) is 10.8 Å². The monoisotopic (exact) mass is 235 g/mol. The van der Waals surface area contributed by atoms with Gasteiger partial charge in [0.1, 0.15) is 5.82 Å². The van der Waals surface area contributed by atoms with Crippen LogP contribution in [0.3, 0.4) is 0 Å². The highest BCUT2D eigenvalue weighted by Crippen LogP contribution is 2.29. The van der Waals surface area contributed by atoms with Gasteiger partial charge in [0.15, 0.2) is 0 Å². The van der Waals surface area contributed by atoms with E-state index in [1.807, 2.05) is 25.1 Å². The van der Waals surface area contributed by atoms with Crippen LogP contribution in [0.4, 0.5) is 4.39 Å². The Hall–Kier alpha value is -1.41. The Labute approximate surface area is 98.9 Å². The summed E-state index contributed by atoms with van der Waals surface area (Å²) in [7, 11) is 0. The number of hydrogen-bond donors (Lipinski definition) is 0. The number of aromatic nitrogens is 1. The Morgan fingerprint density at radius 2 is 1.88 bits per heavy atom. The van der Waals surface area contributed by atoms with E-state index in [0.29, 0.717) is 12.0 Å². The molecular formula is C13H11ClFN. The van der Waals surface area contributed by atoms with Crippen LogP contribution in [-0.4, -0.2) is 4.98 Å². The van der Waals surface area contributed by atoms with Gasteiger partial charge >= 0.3 is 0 Å². The summed E-state index contributed by atoms with van der Waals surface area (Å²) in [6.07, 6.45) is 4.01. The Morgan fingerprint density at radius 1 is 1.19 bits per heavy atom. The van der Waals surface area contributed by atoms with Gasteiger partial charge in [-0.05, 0) is 41.3 Å². The van der Waals surface area contributed by atoms with Crippen LogP contribution in [-0.2, 0) is 6.42 Å². The van der Waals surface area contributed by atoms with Gasteiger partial charge < -0.3 is 0 Å². The first-order chi connectivity index (χ1) is 7.74. The van der Waals surface area contributed by atoms with Gasteiger partial charge in [-0.3, -0.25) is 4.98 Å². The first-order valence-electron chi connectivity index (χ1n) is 5.11. The zero-order valence-electron chi connectivity index (χ0n) is 8.87. The second kappa shape index (κ2) is 4.62. The van der Waals surface area contributed by atoms with E-state index < -0.39 is 0 Å². The molecule has 1 heterocycles. The van der Waals surface area contributed by atoms with Gasteiger partial charge in [-0.25, -0.2) is 4.39 Å². The van der Waals surface area contributed by atoms with E-state index in [1.165, 1.54) is 0 Å². The molecule has 0 N–H and O–H groups in total. The topological polar surface area (TPSA) is 12.9 Å². The standard InChI is InChI=1S/C13H11ClFN/c1-2-10-11(3-4-12(14)13(10)15)9-5-7-16-8-6-9/h3-8H,2H2,1H3. The molecule has 2 rings (SSSR count). The average molecular weight is 236 g/mol. The van der Waals surface area contributed by atoms with Crippen molar-refractivity contribution in [1.82, 2.24) is 4.98 Å². The lowest BCUT2D eigenvalue weighted by atomic mass is 9.98. The van der Waals surface area contributed by atoms with Crippen LogP contribution in [0, 0.1) is 5.82 Å². The molecule has 0 saturated carbocycles. The first-order valence-corrected chi connectivity index (χ1v) is 5.49. The zero-order valence-corrected chi connectivity index (χ0v) is 9.63. The molecule has 16 heavy (non-hydrogen) atoms. The van der Waals surface area contributed by atoms with Crippen molar-refractivity contribution in [3.05, 3.63) is 53.1 Å². The molecule has 0 amide bonds. The maximum Gasteiger partial charge on any atom is 0.145 e. The summed E-state index contributed by atoms with van der Waals surface area (Å²) in [5.74, 6) is -0.321. The smallest absolute Gasteiger partial charge is 0.145 e. The van der Waals surface area contributed by atoms with Crippen LogP contribution >= 0.6 is 11.6 Å². The lowest BCUT2D eigenvalue weighted by Gasteiger charge is -2.10. The van der Waals surface area contributed by atoms with Gasteiger partial charge in [0.25, 0.3) is 0 Å². The highest BCUT2D eigenvalue weighted by Gasteiger charge is 2.11. The van der Waals surface area contributed by atoms with E-state index in [2.05, 4.69) is 4.98 Å². The number of rotatable bonds is 2. The predicted molar refractivity (Wildman–Crippen MR) is 64.0 cm³/mol. The lowest BCUT2D eigenvalue weighted by molar-refractivity contribution is 0.613. The van der Waals surface area contributed by atoms with Crippen molar-refractivity contribution in [2.24, 2.45) is 0 Å². The molecule has 0 atom stereocenters. The van der Waals surface area contributed by atoms with Gasteiger partial charge in [0.2, 0.25) is 0 Å². The quantitative estimate of drug-likeness (QED) is 0.764. The Kier molecular flexibility index (Phi) is 3.20. The maximum absolute atomic E-state index is 13.8. The maximum atomic E-state index is 13.8. The van der Waals surface area contributed by atoms with E-state index in [1.54, 1.807) is 18.5 Å². The van der Waals surface area contributed by atoms with Crippen LogP contribution in [0.2, 0.25) is 5.02 Å². The van der Waals surface area contributed by atoms with Crippen molar-refractivity contribution < 1.29 is 4.39 Å². The fourth-order valence-electron chi connectivity index (χ4n) is 1.74. The van der Waals surface area contributed by atoms with E-state index in [0.717, 1.165) is 11.1 Å². The van der Waals surface area contributed by atoms with Crippen LogP contribution in [0.15, 0.2) is 36.7 Å². The summed E-state index contributed by atoms with van der Waals surface area (Å²) in [5, 5.41) is 0.176. The number of nitrogens with zero attached hydrogens (tertiary/aromatic N) is 1. The molecule has 2 aromatic rings. The Bertz CT molecular complexity index is 497. The molecule has 1 aromatic heterocycles. The van der Waals surface area contributed by atoms with Gasteiger partial charge in [0.05, 0.1) is 5.02 Å². The van der Waals surface area contributed by atoms with E-state index >= 15 is 0 Å². The minimum atomic E-state index is -0.321. The molecule has 0 spiro atoms. The van der Waals surface area contributed by atoms with Gasteiger partial charge in [0, 0.05) is 12.4 Å². The molecule has 1 nitrogen and oxygen atoms in total. The summed E-state index contributed by atoms with van der Waals surface area (Å²) in [6, 6.07) is 7.16. The highest BCUT2D eigenvalue weighted by atomic mass is 35.5. The number of pyridine rings is 1. The van der Waals surface area contributed by atoms with E-state index in [9.17, 15) is 4.39 Å². The molecule has 0 fully saturated rings. The van der Waals surface area contributed by atoms with Crippen LogP contribution in [0.5, 0.6) is 0 Å². The number of benzene rings is 1. The SMILES string of the molecule is CCc1c(-c2ccncc2)ccc(Cl)c1F. The van der Waals surface area contributed by atoms with Gasteiger partial charge in [-0.2, -0.15) is 0 Å². The molecule has 0 aliphatic carbocycles. The minimum Gasteiger partial charge on any atom is -0.265 e. The number of hydrogen-bond acceptors (Lipinski definition) is 1. The van der Waals surface area contributed by atoms with E-state index in [4.69, 9.17) is 11.6 Å². The molecule has 0 bridgehead atoms. The summed E-state index contributed by atoms with van der Waals surface area (Å²) < 4.78 is 13.8. The molecule has 1 aromatic carbocycles. The molecule has 0 radical (unpaired) electrons. The van der Waals surface area contributed by atoms with Crippen molar-refractivity contribution in [3.8, 4) is 11.1 Å². The average Bonchev–Trinajstić information content (AvgIpc) is 2.33. The van der Waals surface area contributed by atoms with Crippen LogP contribution in [0.1, 0.15) is 12.5 Å². The fourth-order valence-corrected chi connectivity index (χ4v) is 1.92. The van der Waals surface area contributed by atoms with Crippen molar-refractivity contribution in [3.63, 3.8) is 0 Å². The minimum absolute atomic E-state index is 0.176. The first kappa shape index (κ1) is 11.1. The largest absolute Gasteiger partial charge is 0.265 e. The second-order valence-corrected chi connectivity index (χ2v) is 3.88. The van der Waals surface area contributed by atoms with Crippen LogP contribution in [0.25, 0.3) is 11.1 Å². The van der Waals surface area contributed by atoms with Crippen molar-refractivity contribution in [1.29, 1.82) is 0 Å². The third kappa shape index (κ3) is 1.93. The zero-order chi connectivity index (χ0) is 11.5. The lowest BCUT2D eigenvalue weighted by Crippen LogP contribution is -1.94. The second-order valence-electron chi connectivity index (χ2n) is 3.48. The summed E-state index contributed by atoms with van der Waals surface area (Å²) in [4.78, 5) is 3.95. The molecule has 82 valence electrons. The summed E-state index contributed by atoms with van der Waals surface area (Å²) in [5.41, 5.74) is 2.49. The third-order valence-electron chi connectivity index (χ3n) is 2.54. The Balaban J connectivity index is 2.62. The summed E-state index contributed by atoms with van der Waals surface area (Å²) >= 11 is 5.76.